The van der Waals surface area contributed by atoms with Gasteiger partial charge in [0, 0.05) is 26.2 Å². The van der Waals surface area contributed by atoms with Gasteiger partial charge in [-0.3, -0.25) is 4.90 Å². The first-order valence-corrected chi connectivity index (χ1v) is 8.73. The van der Waals surface area contributed by atoms with Gasteiger partial charge in [-0.1, -0.05) is 0 Å². The van der Waals surface area contributed by atoms with Crippen LogP contribution in [0.5, 0.6) is 0 Å². The minimum Gasteiger partial charge on any atom is -0.468 e. The standard InChI is InChI=1S/C17H28N4O2/c1-19-7-5-10-21(12-11-19)17(22)18-14-15(16-6-4-13-23-16)20-8-2-3-9-20/h4,6,13,15H,2-3,5,7-12,14H2,1H3,(H,18,22)/t15-/m1/s1. The molecule has 3 rings (SSSR count). The molecule has 0 aliphatic carbocycles. The number of furan rings is 1. The topological polar surface area (TPSA) is 52.0 Å². The molecule has 0 radical (unpaired) electrons. The Morgan fingerprint density at radius 3 is 2.74 bits per heavy atom. The molecule has 1 N–H and O–H groups in total. The van der Waals surface area contributed by atoms with Gasteiger partial charge in [-0.2, -0.15) is 0 Å². The molecule has 0 spiro atoms. The van der Waals surface area contributed by atoms with Gasteiger partial charge in [0.25, 0.3) is 0 Å². The van der Waals surface area contributed by atoms with E-state index in [0.29, 0.717) is 6.54 Å². The average molecular weight is 320 g/mol. The summed E-state index contributed by atoms with van der Waals surface area (Å²) < 4.78 is 5.61. The van der Waals surface area contributed by atoms with Gasteiger partial charge in [0.1, 0.15) is 5.76 Å². The number of nitrogens with zero attached hydrogens (tertiary/aromatic N) is 3. The predicted octanol–water partition coefficient (Wildman–Crippen LogP) is 1.76. The summed E-state index contributed by atoms with van der Waals surface area (Å²) in [7, 11) is 2.11. The second-order valence-corrected chi connectivity index (χ2v) is 6.60. The third kappa shape index (κ3) is 4.26. The van der Waals surface area contributed by atoms with Gasteiger partial charge in [-0.25, -0.2) is 4.79 Å². The fourth-order valence-electron chi connectivity index (χ4n) is 3.49. The third-order valence-electron chi connectivity index (χ3n) is 4.91. The van der Waals surface area contributed by atoms with Gasteiger partial charge >= 0.3 is 6.03 Å². The lowest BCUT2D eigenvalue weighted by Gasteiger charge is -2.28. The van der Waals surface area contributed by atoms with Crippen molar-refractivity contribution in [3.05, 3.63) is 24.2 Å². The molecule has 2 aliphatic heterocycles. The second-order valence-electron chi connectivity index (χ2n) is 6.60. The maximum atomic E-state index is 12.5. The number of nitrogens with one attached hydrogen (secondary N) is 1. The van der Waals surface area contributed by atoms with Gasteiger partial charge in [-0.05, 0) is 58.1 Å². The molecule has 1 aromatic rings. The summed E-state index contributed by atoms with van der Waals surface area (Å²) in [5.41, 5.74) is 0. The zero-order chi connectivity index (χ0) is 16.1. The van der Waals surface area contributed by atoms with E-state index in [1.54, 1.807) is 6.26 Å². The van der Waals surface area contributed by atoms with Crippen molar-refractivity contribution in [3.8, 4) is 0 Å². The molecule has 3 heterocycles. The summed E-state index contributed by atoms with van der Waals surface area (Å²) in [5, 5.41) is 3.13. The van der Waals surface area contributed by atoms with Crippen molar-refractivity contribution in [1.82, 2.24) is 20.0 Å². The average Bonchev–Trinajstić information content (AvgIpc) is 3.21. The van der Waals surface area contributed by atoms with Crippen molar-refractivity contribution < 1.29 is 9.21 Å². The first-order chi connectivity index (χ1) is 11.2. The summed E-state index contributed by atoms with van der Waals surface area (Å²) in [5.74, 6) is 0.947. The first-order valence-electron chi connectivity index (χ1n) is 8.73. The molecule has 2 aliphatic rings. The number of carbonyl (C=O) groups is 1. The van der Waals surface area contributed by atoms with Crippen molar-refractivity contribution in [2.75, 3.05) is 52.9 Å². The highest BCUT2D eigenvalue weighted by Crippen LogP contribution is 2.24. The van der Waals surface area contributed by atoms with E-state index in [0.717, 1.165) is 51.4 Å². The van der Waals surface area contributed by atoms with Crippen LogP contribution < -0.4 is 5.32 Å². The van der Waals surface area contributed by atoms with Crippen LogP contribution in [0.4, 0.5) is 4.79 Å². The molecule has 0 aromatic carbocycles. The third-order valence-corrected chi connectivity index (χ3v) is 4.91. The highest BCUT2D eigenvalue weighted by molar-refractivity contribution is 5.74. The fraction of sp³-hybridized carbons (Fsp3) is 0.706. The quantitative estimate of drug-likeness (QED) is 0.918. The van der Waals surface area contributed by atoms with Crippen LogP contribution in [-0.2, 0) is 0 Å². The molecule has 6 nitrogen and oxygen atoms in total. The fourth-order valence-corrected chi connectivity index (χ4v) is 3.49. The first kappa shape index (κ1) is 16.3. The molecule has 0 unspecified atom stereocenters. The Hall–Kier alpha value is -1.53. The van der Waals surface area contributed by atoms with Gasteiger partial charge in [0.05, 0.1) is 12.3 Å². The number of hydrogen-bond donors (Lipinski definition) is 1. The molecule has 1 aromatic heterocycles. The van der Waals surface area contributed by atoms with Crippen LogP contribution in [0.2, 0.25) is 0 Å². The van der Waals surface area contributed by atoms with E-state index in [-0.39, 0.29) is 12.1 Å². The lowest BCUT2D eigenvalue weighted by atomic mass is 10.2. The molecule has 128 valence electrons. The summed E-state index contributed by atoms with van der Waals surface area (Å²) in [6.45, 7) is 6.42. The second kappa shape index (κ2) is 7.84. The Balaban J connectivity index is 1.56. The Morgan fingerprint density at radius 1 is 1.17 bits per heavy atom. The number of likely N-dealkylation sites (tertiary alicyclic amines) is 1. The number of hydrogen-bond acceptors (Lipinski definition) is 4. The Kier molecular flexibility index (Phi) is 5.56. The molecule has 6 heteroatoms. The summed E-state index contributed by atoms with van der Waals surface area (Å²) in [6, 6.07) is 4.13. The Labute approximate surface area is 138 Å². The van der Waals surface area contributed by atoms with Crippen molar-refractivity contribution >= 4 is 6.03 Å². The Morgan fingerprint density at radius 2 is 2.00 bits per heavy atom. The van der Waals surface area contributed by atoms with E-state index in [1.807, 2.05) is 17.0 Å². The van der Waals surface area contributed by atoms with Crippen molar-refractivity contribution in [1.29, 1.82) is 0 Å². The van der Waals surface area contributed by atoms with Crippen LogP contribution in [-0.4, -0.2) is 73.6 Å². The summed E-state index contributed by atoms with van der Waals surface area (Å²) >= 11 is 0. The molecule has 1 atom stereocenters. The van der Waals surface area contributed by atoms with E-state index >= 15 is 0 Å². The largest absolute Gasteiger partial charge is 0.468 e. The van der Waals surface area contributed by atoms with E-state index in [1.165, 1.54) is 12.8 Å². The summed E-state index contributed by atoms with van der Waals surface area (Å²) in [4.78, 5) is 19.1. The highest BCUT2D eigenvalue weighted by Gasteiger charge is 2.27. The normalized spacial score (nSPS) is 22.0. The van der Waals surface area contributed by atoms with Crippen LogP contribution in [0, 0.1) is 0 Å². The zero-order valence-corrected chi connectivity index (χ0v) is 14.0. The van der Waals surface area contributed by atoms with Crippen LogP contribution in [0.25, 0.3) is 0 Å². The van der Waals surface area contributed by atoms with Crippen molar-refractivity contribution in [2.45, 2.75) is 25.3 Å². The lowest BCUT2D eigenvalue weighted by molar-refractivity contribution is 0.182. The van der Waals surface area contributed by atoms with Crippen LogP contribution >= 0.6 is 0 Å². The predicted molar refractivity (Wildman–Crippen MR) is 89.3 cm³/mol. The van der Waals surface area contributed by atoms with Crippen LogP contribution in [0.1, 0.15) is 31.1 Å². The number of urea groups is 1. The molecular formula is C17H28N4O2. The number of amides is 2. The van der Waals surface area contributed by atoms with Gasteiger partial charge in [-0.15, -0.1) is 0 Å². The monoisotopic (exact) mass is 320 g/mol. The maximum absolute atomic E-state index is 12.5. The van der Waals surface area contributed by atoms with Gasteiger partial charge in [0.15, 0.2) is 0 Å². The molecule has 0 bridgehead atoms. The van der Waals surface area contributed by atoms with Crippen LogP contribution in [0.15, 0.2) is 22.8 Å². The highest BCUT2D eigenvalue weighted by atomic mass is 16.3. The molecule has 0 saturated carbocycles. The SMILES string of the molecule is CN1CCCN(C(=O)NC[C@H](c2ccco2)N2CCCC2)CC1. The number of likely N-dealkylation sites (N-methyl/N-ethyl adjacent to an activating group) is 1. The molecule has 2 fully saturated rings. The molecule has 23 heavy (non-hydrogen) atoms. The number of rotatable bonds is 4. The molecule has 2 amide bonds. The Bertz CT molecular complexity index is 485. The summed E-state index contributed by atoms with van der Waals surface area (Å²) in [6.07, 6.45) is 5.20. The number of carbonyl (C=O) groups excluding carboxylic acids is 1. The van der Waals surface area contributed by atoms with E-state index < -0.39 is 0 Å². The van der Waals surface area contributed by atoms with Crippen molar-refractivity contribution in [2.24, 2.45) is 0 Å². The minimum absolute atomic E-state index is 0.0519. The van der Waals surface area contributed by atoms with Gasteiger partial charge < -0.3 is 19.5 Å². The minimum atomic E-state index is 0.0519. The smallest absolute Gasteiger partial charge is 0.317 e. The van der Waals surface area contributed by atoms with Crippen molar-refractivity contribution in [3.63, 3.8) is 0 Å². The van der Waals surface area contributed by atoms with Crippen LogP contribution in [0.3, 0.4) is 0 Å². The zero-order valence-electron chi connectivity index (χ0n) is 14.0. The van der Waals surface area contributed by atoms with E-state index in [4.69, 9.17) is 4.42 Å². The van der Waals surface area contributed by atoms with E-state index in [2.05, 4.69) is 22.2 Å². The maximum Gasteiger partial charge on any atom is 0.317 e. The molecular weight excluding hydrogens is 292 g/mol. The molecule has 2 saturated heterocycles. The van der Waals surface area contributed by atoms with E-state index in [9.17, 15) is 4.79 Å². The van der Waals surface area contributed by atoms with Gasteiger partial charge in [0.2, 0.25) is 0 Å². The lowest BCUT2D eigenvalue weighted by Crippen LogP contribution is -2.45.